The van der Waals surface area contributed by atoms with E-state index in [1.54, 1.807) is 6.20 Å². The van der Waals surface area contributed by atoms with E-state index < -0.39 is 0 Å². The highest BCUT2D eigenvalue weighted by atomic mass is 127. The Morgan fingerprint density at radius 3 is 2.76 bits per heavy atom. The Kier molecular flexibility index (Phi) is 8.95. The molecule has 140 valence electrons. The van der Waals surface area contributed by atoms with E-state index >= 15 is 0 Å². The maximum atomic E-state index is 11.5. The average molecular weight is 460 g/mol. The summed E-state index contributed by atoms with van der Waals surface area (Å²) in [6.07, 6.45) is 3.56. The van der Waals surface area contributed by atoms with Gasteiger partial charge in [0.25, 0.3) is 0 Å². The number of primary amides is 1. The van der Waals surface area contributed by atoms with Gasteiger partial charge < -0.3 is 21.3 Å². The second-order valence-electron chi connectivity index (χ2n) is 6.02. The first-order valence-corrected chi connectivity index (χ1v) is 8.59. The number of piperidine rings is 1. The predicted molar refractivity (Wildman–Crippen MR) is 112 cm³/mol. The topological polar surface area (TPSA) is 101 Å². The number of halogens is 1. The van der Waals surface area contributed by atoms with Crippen molar-refractivity contribution in [3.05, 3.63) is 23.9 Å². The van der Waals surface area contributed by atoms with Gasteiger partial charge in [0.15, 0.2) is 5.96 Å². The molecular weight excluding hydrogens is 431 g/mol. The van der Waals surface area contributed by atoms with Gasteiger partial charge in [-0.1, -0.05) is 6.07 Å². The van der Waals surface area contributed by atoms with Crippen molar-refractivity contribution in [2.45, 2.75) is 33.2 Å². The third kappa shape index (κ3) is 5.72. The number of amides is 1. The number of carbonyl (C=O) groups excluding carboxylic acids is 1. The molecule has 7 nitrogen and oxygen atoms in total. The molecule has 0 saturated carbocycles. The Morgan fingerprint density at radius 1 is 1.40 bits per heavy atom. The number of carbonyl (C=O) groups is 1. The van der Waals surface area contributed by atoms with Gasteiger partial charge in [0, 0.05) is 37.9 Å². The van der Waals surface area contributed by atoms with Crippen molar-refractivity contribution in [3.8, 4) is 0 Å². The normalized spacial score (nSPS) is 17.8. The predicted octanol–water partition coefficient (Wildman–Crippen LogP) is 1.56. The Morgan fingerprint density at radius 2 is 2.12 bits per heavy atom. The molecule has 2 heterocycles. The van der Waals surface area contributed by atoms with Crippen molar-refractivity contribution in [2.24, 2.45) is 22.4 Å². The number of guanidine groups is 1. The van der Waals surface area contributed by atoms with Gasteiger partial charge in [0.05, 0.1) is 12.5 Å². The van der Waals surface area contributed by atoms with Gasteiger partial charge in [-0.05, 0) is 32.8 Å². The molecule has 4 N–H and O–H groups in total. The maximum absolute atomic E-state index is 11.5. The molecular formula is C17H29IN6O. The summed E-state index contributed by atoms with van der Waals surface area (Å²) >= 11 is 0. The van der Waals surface area contributed by atoms with E-state index in [0.29, 0.717) is 19.0 Å². The lowest BCUT2D eigenvalue weighted by Gasteiger charge is -2.33. The van der Waals surface area contributed by atoms with E-state index in [1.165, 1.54) is 0 Å². The highest BCUT2D eigenvalue weighted by molar-refractivity contribution is 14.0. The number of aromatic nitrogens is 1. The van der Waals surface area contributed by atoms with E-state index in [-0.39, 0.29) is 35.8 Å². The molecule has 1 aromatic rings. The number of nitrogens with two attached hydrogens (primary N) is 2. The molecule has 1 fully saturated rings. The summed E-state index contributed by atoms with van der Waals surface area (Å²) in [4.78, 5) is 24.7. The second-order valence-corrected chi connectivity index (χ2v) is 6.02. The lowest BCUT2D eigenvalue weighted by Crippen LogP contribution is -2.42. The number of anilines is 1. The van der Waals surface area contributed by atoms with Crippen molar-refractivity contribution in [2.75, 3.05) is 31.1 Å². The van der Waals surface area contributed by atoms with Crippen LogP contribution in [0.5, 0.6) is 0 Å². The van der Waals surface area contributed by atoms with Crippen LogP contribution in [-0.4, -0.2) is 47.9 Å². The van der Waals surface area contributed by atoms with Crippen LogP contribution < -0.4 is 16.4 Å². The van der Waals surface area contributed by atoms with Gasteiger partial charge in [-0.3, -0.25) is 4.79 Å². The summed E-state index contributed by atoms with van der Waals surface area (Å²) in [7, 11) is 0. The first-order valence-electron chi connectivity index (χ1n) is 8.59. The number of hydrogen-bond acceptors (Lipinski definition) is 4. The van der Waals surface area contributed by atoms with E-state index in [1.807, 2.05) is 17.0 Å². The maximum Gasteiger partial charge on any atom is 0.222 e. The Hall–Kier alpha value is -1.58. The van der Waals surface area contributed by atoms with E-state index in [9.17, 15) is 4.79 Å². The average Bonchev–Trinajstić information content (AvgIpc) is 2.61. The zero-order valence-corrected chi connectivity index (χ0v) is 17.3. The Bertz CT molecular complexity index is 590. The minimum atomic E-state index is -0.235. The van der Waals surface area contributed by atoms with Gasteiger partial charge in [-0.25, -0.2) is 9.98 Å². The van der Waals surface area contributed by atoms with Gasteiger partial charge in [0.1, 0.15) is 5.82 Å². The van der Waals surface area contributed by atoms with E-state index in [4.69, 9.17) is 11.5 Å². The van der Waals surface area contributed by atoms with Gasteiger partial charge in [-0.15, -0.1) is 24.0 Å². The summed E-state index contributed by atoms with van der Waals surface area (Å²) in [5.74, 6) is 1.07. The lowest BCUT2D eigenvalue weighted by atomic mass is 9.97. The molecule has 0 bridgehead atoms. The second kappa shape index (κ2) is 10.4. The molecule has 0 aromatic carbocycles. The largest absolute Gasteiger partial charge is 0.370 e. The van der Waals surface area contributed by atoms with Gasteiger partial charge in [-0.2, -0.15) is 0 Å². The SMILES string of the molecule is CCN(CC)C(N)=NCc1cccnc1N1CCCC(C(N)=O)C1.I. The molecule has 2 rings (SSSR count). The molecule has 1 aliphatic rings. The Balaban J connectivity index is 0.00000312. The monoisotopic (exact) mass is 460 g/mol. The Labute approximate surface area is 166 Å². The van der Waals surface area contributed by atoms with Crippen molar-refractivity contribution in [1.29, 1.82) is 0 Å². The molecule has 1 aromatic heterocycles. The molecule has 1 atom stereocenters. The lowest BCUT2D eigenvalue weighted by molar-refractivity contribution is -0.122. The standard InChI is InChI=1S/C17H28N6O.HI/c1-3-22(4-2)17(19)21-11-13-7-5-9-20-16(13)23-10-6-8-14(12-23)15(18)24;/h5,7,9,14H,3-4,6,8,10-12H2,1-2H3,(H2,18,24)(H2,19,21);1H. The molecule has 25 heavy (non-hydrogen) atoms. The molecule has 1 unspecified atom stereocenters. The number of rotatable bonds is 6. The quantitative estimate of drug-likeness (QED) is 0.381. The first-order chi connectivity index (χ1) is 11.6. The van der Waals surface area contributed by atoms with Crippen molar-refractivity contribution >= 4 is 41.7 Å². The molecule has 0 spiro atoms. The minimum absolute atomic E-state index is 0. The third-order valence-electron chi connectivity index (χ3n) is 4.49. The van der Waals surface area contributed by atoms with Crippen molar-refractivity contribution < 1.29 is 4.79 Å². The number of pyridine rings is 1. The van der Waals surface area contributed by atoms with Crippen LogP contribution in [0.4, 0.5) is 5.82 Å². The molecule has 0 aliphatic carbocycles. The number of hydrogen-bond donors (Lipinski definition) is 2. The smallest absolute Gasteiger partial charge is 0.222 e. The number of aliphatic imine (C=N–C) groups is 1. The molecule has 1 amide bonds. The zero-order valence-electron chi connectivity index (χ0n) is 15.0. The van der Waals surface area contributed by atoms with Crippen LogP contribution in [0.25, 0.3) is 0 Å². The van der Waals surface area contributed by atoms with Gasteiger partial charge >= 0.3 is 0 Å². The van der Waals surface area contributed by atoms with Crippen LogP contribution in [0.1, 0.15) is 32.3 Å². The molecule has 8 heteroatoms. The van der Waals surface area contributed by atoms with Crippen LogP contribution in [0.15, 0.2) is 23.3 Å². The molecule has 1 saturated heterocycles. The first kappa shape index (κ1) is 21.5. The summed E-state index contributed by atoms with van der Waals surface area (Å²) < 4.78 is 0. The van der Waals surface area contributed by atoms with E-state index in [0.717, 1.165) is 43.9 Å². The fourth-order valence-corrected chi connectivity index (χ4v) is 3.05. The van der Waals surface area contributed by atoms with Crippen LogP contribution in [-0.2, 0) is 11.3 Å². The third-order valence-corrected chi connectivity index (χ3v) is 4.49. The summed E-state index contributed by atoms with van der Waals surface area (Å²) in [6, 6.07) is 3.91. The van der Waals surface area contributed by atoms with Gasteiger partial charge in [0.2, 0.25) is 5.91 Å². The van der Waals surface area contributed by atoms with E-state index in [2.05, 4.69) is 28.7 Å². The van der Waals surface area contributed by atoms with Crippen LogP contribution in [0.2, 0.25) is 0 Å². The number of nitrogens with zero attached hydrogens (tertiary/aromatic N) is 4. The summed E-state index contributed by atoms with van der Waals surface area (Å²) in [5, 5.41) is 0. The summed E-state index contributed by atoms with van der Waals surface area (Å²) in [5.41, 5.74) is 12.5. The fourth-order valence-electron chi connectivity index (χ4n) is 3.05. The van der Waals surface area contributed by atoms with Crippen LogP contribution in [0.3, 0.4) is 0 Å². The molecule has 1 aliphatic heterocycles. The molecule has 0 radical (unpaired) electrons. The van der Waals surface area contributed by atoms with Crippen molar-refractivity contribution in [3.63, 3.8) is 0 Å². The van der Waals surface area contributed by atoms with Crippen molar-refractivity contribution in [1.82, 2.24) is 9.88 Å². The minimum Gasteiger partial charge on any atom is -0.370 e. The fraction of sp³-hybridized carbons (Fsp3) is 0.588. The summed E-state index contributed by atoms with van der Waals surface area (Å²) in [6.45, 7) is 7.75. The zero-order chi connectivity index (χ0) is 17.5. The highest BCUT2D eigenvalue weighted by Crippen LogP contribution is 2.24. The van der Waals surface area contributed by atoms with Crippen LogP contribution >= 0.6 is 24.0 Å². The van der Waals surface area contributed by atoms with Crippen LogP contribution in [0, 0.1) is 5.92 Å². The highest BCUT2D eigenvalue weighted by Gasteiger charge is 2.25.